The number of nitrogens with two attached hydrogens (primary N) is 5. The Morgan fingerprint density at radius 3 is 1.33 bits per heavy atom. The third-order valence-corrected chi connectivity index (χ3v) is 20.8. The summed E-state index contributed by atoms with van der Waals surface area (Å²) in [5.41, 5.74) is 26.8. The summed E-state index contributed by atoms with van der Waals surface area (Å²) in [6, 6.07) is -6.31. The summed E-state index contributed by atoms with van der Waals surface area (Å²) in [6.45, 7) is 7.60. The van der Waals surface area contributed by atoms with Crippen molar-refractivity contribution in [3.05, 3.63) is 115 Å². The zero-order valence-corrected chi connectivity index (χ0v) is 76.6. The molecule has 0 unspecified atom stereocenters. The number of nitrogens with one attached hydrogen (secondary N) is 20. The van der Waals surface area contributed by atoms with Crippen molar-refractivity contribution in [1.82, 2.24) is 79.8 Å². The number of aliphatic carboxylic acids is 3. The second-order valence-electron chi connectivity index (χ2n) is 32.9. The second kappa shape index (κ2) is 57.6. The maximum absolute atomic E-state index is 15.1. The molecule has 0 radical (unpaired) electrons. The molecule has 54 nitrogen and oxygen atoms in total. The molecule has 138 heavy (non-hydrogen) atoms. The highest BCUT2D eigenvalue weighted by molar-refractivity contribution is 6.02. The number of nitro benzene ring substituents is 2. The van der Waals surface area contributed by atoms with Crippen molar-refractivity contribution in [3.8, 4) is 0 Å². The molecule has 4 rings (SSSR count). The summed E-state index contributed by atoms with van der Waals surface area (Å²) < 4.78 is 5.27. The number of aliphatic hydroxyl groups is 1. The number of nitro groups is 2. The lowest BCUT2D eigenvalue weighted by Gasteiger charge is -2.29. The van der Waals surface area contributed by atoms with Gasteiger partial charge in [-0.15, -0.1) is 0 Å². The first kappa shape index (κ1) is 114. The first-order valence-corrected chi connectivity index (χ1v) is 43.7. The van der Waals surface area contributed by atoms with Crippen molar-refractivity contribution in [1.29, 1.82) is 16.2 Å². The quantitative estimate of drug-likeness (QED) is 0.00492. The number of hydrogen-bond donors (Lipinski definition) is 29. The van der Waals surface area contributed by atoms with E-state index in [-0.39, 0.29) is 107 Å². The molecule has 0 fully saturated rings. The molecular formula is C84H123N27O27. The molecule has 0 aliphatic carbocycles. The highest BCUT2D eigenvalue weighted by Gasteiger charge is 2.40. The van der Waals surface area contributed by atoms with E-state index in [9.17, 15) is 117 Å². The van der Waals surface area contributed by atoms with Crippen LogP contribution in [-0.2, 0) is 87.9 Å². The van der Waals surface area contributed by atoms with Crippen LogP contribution in [0.15, 0.2) is 82.0 Å². The van der Waals surface area contributed by atoms with Crippen LogP contribution in [-0.4, -0.2) is 260 Å². The zero-order valence-electron chi connectivity index (χ0n) is 76.6. The number of carbonyl (C=O) groups excluding carboxylic acids is 14. The molecule has 1 aromatic heterocycles. The molecule has 0 bridgehead atoms. The average Bonchev–Trinajstić information content (AvgIpc) is 0.809. The van der Waals surface area contributed by atoms with Crippen LogP contribution in [0.3, 0.4) is 0 Å². The molecule has 0 spiro atoms. The fourth-order valence-electron chi connectivity index (χ4n) is 13.7. The maximum Gasteiger partial charge on any atom is 0.336 e. The molecule has 54 heteroatoms. The number of non-ortho nitro benzene ring substituents is 1. The monoisotopic (exact) mass is 1940 g/mol. The number of nitrogens with zero attached hydrogens (tertiary/aromatic N) is 2. The Morgan fingerprint density at radius 2 is 0.862 bits per heavy atom. The van der Waals surface area contributed by atoms with Crippen molar-refractivity contribution in [2.24, 2.45) is 40.5 Å². The lowest BCUT2D eigenvalue weighted by Crippen LogP contribution is -2.61. The van der Waals surface area contributed by atoms with Gasteiger partial charge in [0, 0.05) is 74.7 Å². The summed E-state index contributed by atoms with van der Waals surface area (Å²) >= 11 is 0. The van der Waals surface area contributed by atoms with E-state index in [1.165, 1.54) is 44.2 Å². The van der Waals surface area contributed by atoms with Gasteiger partial charge in [-0.2, -0.15) is 0 Å². The first-order valence-electron chi connectivity index (χ1n) is 43.7. The number of benzene rings is 3. The van der Waals surface area contributed by atoms with E-state index in [0.29, 0.717) is 16.5 Å². The first-order chi connectivity index (χ1) is 65.0. The van der Waals surface area contributed by atoms with Crippen LogP contribution in [0, 0.1) is 55.2 Å². The molecule has 3 aromatic carbocycles. The van der Waals surface area contributed by atoms with E-state index in [4.69, 9.17) is 49.3 Å². The van der Waals surface area contributed by atoms with E-state index in [1.54, 1.807) is 45.0 Å². The van der Waals surface area contributed by atoms with Crippen molar-refractivity contribution >= 4 is 152 Å². The van der Waals surface area contributed by atoms with Crippen molar-refractivity contribution in [2.75, 3.05) is 43.4 Å². The minimum Gasteiger partial charge on any atom is -0.481 e. The topological polar surface area (TPSA) is 894 Å². The van der Waals surface area contributed by atoms with Crippen molar-refractivity contribution < 1.29 is 116 Å². The molecule has 0 saturated carbocycles. The van der Waals surface area contributed by atoms with E-state index >= 15 is 9.59 Å². The zero-order chi connectivity index (χ0) is 103. The van der Waals surface area contributed by atoms with Crippen molar-refractivity contribution in [2.45, 2.75) is 229 Å². The summed E-state index contributed by atoms with van der Waals surface area (Å²) in [7, 11) is 0. The van der Waals surface area contributed by atoms with Gasteiger partial charge >= 0.3 is 23.5 Å². The summed E-state index contributed by atoms with van der Waals surface area (Å²) in [4.78, 5) is 269. The number of guanidine groups is 3. The number of rotatable bonds is 63. The van der Waals surface area contributed by atoms with Crippen LogP contribution < -0.4 is 125 Å². The number of fused-ring (bicyclic) bond motifs is 1. The number of carbonyl (C=O) groups is 17. The van der Waals surface area contributed by atoms with Gasteiger partial charge in [0.25, 0.3) is 11.4 Å². The van der Waals surface area contributed by atoms with Crippen LogP contribution in [0.4, 0.5) is 22.7 Å². The fourth-order valence-corrected chi connectivity index (χ4v) is 13.7. The van der Waals surface area contributed by atoms with Crippen LogP contribution >= 0.6 is 0 Å². The predicted molar refractivity (Wildman–Crippen MR) is 494 cm³/mol. The Kier molecular flexibility index (Phi) is 47.7. The Hall–Kier alpha value is -16.0. The summed E-state index contributed by atoms with van der Waals surface area (Å²) in [6.07, 6.45) is -6.79. The third-order valence-electron chi connectivity index (χ3n) is 20.8. The molecule has 1 heterocycles. The number of carboxylic acids is 3. The molecular weight excluding hydrogens is 1820 g/mol. The Morgan fingerprint density at radius 1 is 0.435 bits per heavy atom. The van der Waals surface area contributed by atoms with E-state index in [0.717, 1.165) is 25.1 Å². The minimum atomic E-state index is -2.13. The number of hydrogen-bond acceptors (Lipinski definition) is 29. The molecule has 4 aromatic rings. The second-order valence-corrected chi connectivity index (χ2v) is 32.9. The van der Waals surface area contributed by atoms with Crippen LogP contribution in [0.25, 0.3) is 11.0 Å². The molecule has 0 aliphatic heterocycles. The molecule has 0 saturated heterocycles. The van der Waals surface area contributed by atoms with Gasteiger partial charge in [0.05, 0.1) is 35.4 Å². The number of amides is 14. The van der Waals surface area contributed by atoms with Crippen LogP contribution in [0.5, 0.6) is 0 Å². The normalized spacial score (nSPS) is 13.8. The average molecular weight is 1940 g/mol. The van der Waals surface area contributed by atoms with Gasteiger partial charge < -0.3 is 144 Å². The summed E-state index contributed by atoms with van der Waals surface area (Å²) in [5.74, 6) is -23.8. The SMILES string of the molecule is Cc1cc(=O)oc2cc(N[C@@H](CO)C(=O)N[C@@H](CCC(=O)O)C(=O)N[C@H](C(=O)N[C@@H](CC(N)=O)C(=O)N[C@@H](CC(C)C)C(=O)N[C@@H](CC(=O)O)C(=O)N[C@@H](C)C(=O)N[C@@H](CCC(=O)O)C(=O)N[C@@H](Cc3ccccc3)C(=O)N[C@@H](CCCNC(=N)N)C(=O)N[C@@H](CCCCNc3ccc([N+](=O)[O-])cc3[N+](=O)[O-])C(=O)N[C@@H](CCCNC(=N)N)C(=O)N[C@@H](CCCNC(=N)N)C(N)=O)C(C)C)ccc12. The smallest absolute Gasteiger partial charge is 0.336 e. The van der Waals surface area contributed by atoms with E-state index in [1.807, 2.05) is 0 Å². The third kappa shape index (κ3) is 41.3. The van der Waals surface area contributed by atoms with Crippen LogP contribution in [0.2, 0.25) is 0 Å². The van der Waals surface area contributed by atoms with Crippen LogP contribution in [0.1, 0.15) is 148 Å². The molecule has 13 atom stereocenters. The molecule has 756 valence electrons. The fraction of sp³-hybridized carbons (Fsp3) is 0.512. The van der Waals surface area contributed by atoms with Gasteiger partial charge in [-0.3, -0.25) is 118 Å². The van der Waals surface area contributed by atoms with Gasteiger partial charge in [-0.25, -0.2) is 4.79 Å². The Balaban J connectivity index is 1.65. The predicted octanol–water partition coefficient (Wildman–Crippen LogP) is -4.89. The van der Waals surface area contributed by atoms with E-state index < -0.39 is 287 Å². The summed E-state index contributed by atoms with van der Waals surface area (Å²) in [5, 5.41) is 129. The number of carboxylic acid groups (broad SMARTS) is 3. The molecule has 0 aliphatic rings. The highest BCUT2D eigenvalue weighted by Crippen LogP contribution is 2.30. The van der Waals surface area contributed by atoms with Crippen molar-refractivity contribution in [3.63, 3.8) is 0 Å². The molecule has 14 amide bonds. The van der Waals surface area contributed by atoms with Gasteiger partial charge in [0.1, 0.15) is 89.8 Å². The lowest BCUT2D eigenvalue weighted by molar-refractivity contribution is -0.393. The lowest BCUT2D eigenvalue weighted by atomic mass is 10.00. The van der Waals surface area contributed by atoms with Gasteiger partial charge in [0.2, 0.25) is 82.7 Å². The van der Waals surface area contributed by atoms with E-state index in [2.05, 4.69) is 90.4 Å². The minimum absolute atomic E-state index is 0.0183. The number of aryl methyl sites for hydroxylation is 1. The van der Waals surface area contributed by atoms with Gasteiger partial charge in [0.15, 0.2) is 17.9 Å². The number of unbranched alkanes of at least 4 members (excludes halogenated alkanes) is 1. The maximum atomic E-state index is 15.1. The molecule has 34 N–H and O–H groups in total. The number of primary amides is 2. The largest absolute Gasteiger partial charge is 0.481 e. The Labute approximate surface area is 789 Å². The number of anilines is 2. The van der Waals surface area contributed by atoms with Gasteiger partial charge in [-0.1, -0.05) is 58.0 Å². The van der Waals surface area contributed by atoms with Gasteiger partial charge in [-0.05, 0) is 132 Å². The standard InChI is InChI=1S/C84H123N27O27/c1-41(2)33-56(105-79(131)58(38-63(85)113)108-81(133)68(42(3)4)109-75(127)55(26-28-65(116)117)104-80(132)60(40-112)98-46-21-23-48-43(5)34-67(120)138-62(48)36-46)77(129)107-59(39-66(118)119)76(128)97-44(6)70(122)100-54(25-27-64(114)115)74(126)106-57(35-45-15-8-7-9-16-45)78(130)103-53(20-14-32-96-84(91)92)73(125)101-51(17-10-11-29-93-49-24-22-47(110(134)135)37-61(49)111(136)137)72(124)102-52(19-13-31-95-83(89)90)71(123)99-50(69(86)121)18-12-30-94-82(87)88/h7-9,15-16,21-24,34,36-37,41-42,44,50-60,68,93,98,112H,10-14,17-20,25-33,35,38-40H2,1-6H3,(H2,85,113)(H2,86,121)(H,97,128)(H,99,123)(H,100,122)(H,101,125)(H,102,124)(H,103,130)(H,104,132)(H,105,131)(H,106,126)(H,107,129)(H,108,133)(H,109,127)(H,114,115)(H,116,117)(H,118,119)(H4,87,88,94)(H4,89,90,95)(H4,91,92,96)/t44-,50-,51-,52-,53-,54-,55-,56-,57-,58-,59-,60-,68-/m0/s1. The highest BCUT2D eigenvalue weighted by atomic mass is 16.6. The number of aliphatic hydroxyl groups excluding tert-OH is 1. The Bertz CT molecular complexity index is 5100.